The number of rotatable bonds is 7. The molecule has 0 spiro atoms. The Labute approximate surface area is 110 Å². The summed E-state index contributed by atoms with van der Waals surface area (Å²) in [4.78, 5) is 0. The second-order valence-corrected chi connectivity index (χ2v) is 4.45. The molecule has 0 atom stereocenters. The van der Waals surface area contributed by atoms with Gasteiger partial charge in [0.2, 0.25) is 0 Å². The van der Waals surface area contributed by atoms with Gasteiger partial charge in [-0.15, -0.1) is 11.6 Å². The van der Waals surface area contributed by atoms with E-state index in [9.17, 15) is 13.2 Å². The van der Waals surface area contributed by atoms with Crippen LogP contribution in [-0.2, 0) is 6.18 Å². The number of alkyl halides is 4. The van der Waals surface area contributed by atoms with E-state index in [1.807, 2.05) is 0 Å². The molecule has 0 unspecified atom stereocenters. The van der Waals surface area contributed by atoms with Gasteiger partial charge in [0.25, 0.3) is 0 Å². The van der Waals surface area contributed by atoms with Gasteiger partial charge in [-0.3, -0.25) is 0 Å². The van der Waals surface area contributed by atoms with E-state index < -0.39 is 11.7 Å². The number of hydrogen-bond donors (Lipinski definition) is 1. The number of unbranched alkanes of at least 4 members (excludes halogenated alkanes) is 3. The summed E-state index contributed by atoms with van der Waals surface area (Å²) in [5.41, 5.74) is -0.451. The first-order valence-electron chi connectivity index (χ1n) is 6.02. The molecule has 102 valence electrons. The lowest BCUT2D eigenvalue weighted by Gasteiger charge is -2.14. The third-order valence-electron chi connectivity index (χ3n) is 2.61. The van der Waals surface area contributed by atoms with Crippen LogP contribution in [0.15, 0.2) is 24.3 Å². The Hall–Kier alpha value is -0.900. The Morgan fingerprint density at radius 2 is 1.67 bits per heavy atom. The van der Waals surface area contributed by atoms with E-state index in [2.05, 4.69) is 5.32 Å². The van der Waals surface area contributed by atoms with Gasteiger partial charge in [0.05, 0.1) is 5.56 Å². The molecule has 0 saturated carbocycles. The number of para-hydroxylation sites is 1. The molecule has 0 aliphatic heterocycles. The lowest BCUT2D eigenvalue weighted by atomic mass is 10.1. The minimum absolute atomic E-state index is 0.155. The smallest absolute Gasteiger partial charge is 0.385 e. The fourth-order valence-corrected chi connectivity index (χ4v) is 1.87. The van der Waals surface area contributed by atoms with Gasteiger partial charge in [-0.1, -0.05) is 25.0 Å². The minimum Gasteiger partial charge on any atom is -0.385 e. The zero-order valence-electron chi connectivity index (χ0n) is 10.1. The highest BCUT2D eigenvalue weighted by Gasteiger charge is 2.32. The number of hydrogen-bond acceptors (Lipinski definition) is 1. The molecule has 0 aliphatic carbocycles. The first kappa shape index (κ1) is 15.2. The molecule has 0 aromatic heterocycles. The van der Waals surface area contributed by atoms with Gasteiger partial charge in [-0.25, -0.2) is 0 Å². The van der Waals surface area contributed by atoms with Crippen molar-refractivity contribution in [2.75, 3.05) is 17.7 Å². The average molecular weight is 280 g/mol. The second-order valence-electron chi connectivity index (χ2n) is 4.07. The Kier molecular flexibility index (Phi) is 6.33. The number of anilines is 1. The van der Waals surface area contributed by atoms with E-state index in [4.69, 9.17) is 11.6 Å². The summed E-state index contributed by atoms with van der Waals surface area (Å²) in [6, 6.07) is 5.55. The molecule has 5 heteroatoms. The quantitative estimate of drug-likeness (QED) is 0.552. The van der Waals surface area contributed by atoms with Crippen LogP contribution in [0.3, 0.4) is 0 Å². The summed E-state index contributed by atoms with van der Waals surface area (Å²) in [6.45, 7) is 0.551. The second kappa shape index (κ2) is 7.52. The van der Waals surface area contributed by atoms with E-state index in [0.717, 1.165) is 31.7 Å². The van der Waals surface area contributed by atoms with Gasteiger partial charge in [-0.05, 0) is 25.0 Å². The van der Waals surface area contributed by atoms with E-state index in [0.29, 0.717) is 12.4 Å². The summed E-state index contributed by atoms with van der Waals surface area (Å²) in [6.07, 6.45) is -0.494. The standard InChI is InChI=1S/C13H17ClF3N/c14-9-5-1-2-6-10-18-12-8-4-3-7-11(12)13(15,16)17/h3-4,7-8,18H,1-2,5-6,9-10H2. The van der Waals surface area contributed by atoms with Crippen LogP contribution in [0.5, 0.6) is 0 Å². The predicted octanol–water partition coefficient (Wildman–Crippen LogP) is 4.92. The Morgan fingerprint density at radius 1 is 1.00 bits per heavy atom. The van der Waals surface area contributed by atoms with Crippen molar-refractivity contribution in [2.24, 2.45) is 0 Å². The van der Waals surface area contributed by atoms with Crippen LogP contribution in [0.25, 0.3) is 0 Å². The first-order chi connectivity index (χ1) is 8.55. The topological polar surface area (TPSA) is 12.0 Å². The summed E-state index contributed by atoms with van der Waals surface area (Å²) >= 11 is 5.54. The van der Waals surface area contributed by atoms with Gasteiger partial charge in [0, 0.05) is 18.1 Å². The SMILES string of the molecule is FC(F)(F)c1ccccc1NCCCCCCCl. The fraction of sp³-hybridized carbons (Fsp3) is 0.538. The third-order valence-corrected chi connectivity index (χ3v) is 2.88. The maximum atomic E-state index is 12.7. The monoisotopic (exact) mass is 279 g/mol. The maximum Gasteiger partial charge on any atom is 0.418 e. The normalized spacial score (nSPS) is 11.6. The number of benzene rings is 1. The molecule has 0 heterocycles. The third kappa shape index (κ3) is 5.17. The molecule has 1 aromatic carbocycles. The van der Waals surface area contributed by atoms with E-state index >= 15 is 0 Å². The summed E-state index contributed by atoms with van der Waals surface area (Å²) < 4.78 is 38.0. The number of nitrogens with one attached hydrogen (secondary N) is 1. The van der Waals surface area contributed by atoms with Gasteiger partial charge < -0.3 is 5.32 Å². The number of halogens is 4. The van der Waals surface area contributed by atoms with Crippen molar-refractivity contribution in [2.45, 2.75) is 31.9 Å². The van der Waals surface area contributed by atoms with Crippen molar-refractivity contribution < 1.29 is 13.2 Å². The molecule has 1 nitrogen and oxygen atoms in total. The highest BCUT2D eigenvalue weighted by Crippen LogP contribution is 2.34. The molecular formula is C13H17ClF3N. The minimum atomic E-state index is -4.30. The van der Waals surface area contributed by atoms with Crippen molar-refractivity contribution in [3.05, 3.63) is 29.8 Å². The Morgan fingerprint density at radius 3 is 2.33 bits per heavy atom. The summed E-state index contributed by atoms with van der Waals surface area (Å²) in [5.74, 6) is 0.643. The highest BCUT2D eigenvalue weighted by molar-refractivity contribution is 6.17. The summed E-state index contributed by atoms with van der Waals surface area (Å²) in [5, 5.41) is 2.84. The van der Waals surface area contributed by atoms with Gasteiger partial charge >= 0.3 is 6.18 Å². The van der Waals surface area contributed by atoms with Crippen LogP contribution in [-0.4, -0.2) is 12.4 Å². The van der Waals surface area contributed by atoms with Crippen LogP contribution in [0.2, 0.25) is 0 Å². The van der Waals surface area contributed by atoms with E-state index in [1.54, 1.807) is 6.07 Å². The molecule has 0 saturated heterocycles. The van der Waals surface area contributed by atoms with Gasteiger partial charge in [-0.2, -0.15) is 13.2 Å². The molecule has 0 aliphatic rings. The van der Waals surface area contributed by atoms with Crippen molar-refractivity contribution in [3.8, 4) is 0 Å². The molecule has 1 rings (SSSR count). The first-order valence-corrected chi connectivity index (χ1v) is 6.55. The molecule has 1 aromatic rings. The predicted molar refractivity (Wildman–Crippen MR) is 69.1 cm³/mol. The molecular weight excluding hydrogens is 263 g/mol. The van der Waals surface area contributed by atoms with Crippen LogP contribution >= 0.6 is 11.6 Å². The highest BCUT2D eigenvalue weighted by atomic mass is 35.5. The largest absolute Gasteiger partial charge is 0.418 e. The molecule has 0 amide bonds. The van der Waals surface area contributed by atoms with Crippen molar-refractivity contribution >= 4 is 17.3 Å². The van der Waals surface area contributed by atoms with Crippen LogP contribution < -0.4 is 5.32 Å². The molecule has 0 radical (unpaired) electrons. The van der Waals surface area contributed by atoms with Crippen molar-refractivity contribution in [1.82, 2.24) is 0 Å². The molecule has 18 heavy (non-hydrogen) atoms. The van der Waals surface area contributed by atoms with E-state index in [1.165, 1.54) is 12.1 Å². The Bertz CT molecular complexity index is 352. The molecule has 0 fully saturated rings. The van der Waals surface area contributed by atoms with Crippen molar-refractivity contribution in [1.29, 1.82) is 0 Å². The van der Waals surface area contributed by atoms with Crippen molar-refractivity contribution in [3.63, 3.8) is 0 Å². The molecule has 0 bridgehead atoms. The lowest BCUT2D eigenvalue weighted by molar-refractivity contribution is -0.136. The fourth-order valence-electron chi connectivity index (χ4n) is 1.68. The Balaban J connectivity index is 2.43. The zero-order valence-corrected chi connectivity index (χ0v) is 10.8. The van der Waals surface area contributed by atoms with E-state index in [-0.39, 0.29) is 5.69 Å². The zero-order chi connectivity index (χ0) is 13.4. The van der Waals surface area contributed by atoms with Crippen LogP contribution in [0.1, 0.15) is 31.2 Å². The lowest BCUT2D eigenvalue weighted by Crippen LogP contribution is -2.11. The van der Waals surface area contributed by atoms with Gasteiger partial charge in [0.1, 0.15) is 0 Å². The van der Waals surface area contributed by atoms with Crippen LogP contribution in [0.4, 0.5) is 18.9 Å². The summed E-state index contributed by atoms with van der Waals surface area (Å²) in [7, 11) is 0. The van der Waals surface area contributed by atoms with Crippen LogP contribution in [0, 0.1) is 0 Å². The van der Waals surface area contributed by atoms with Gasteiger partial charge in [0.15, 0.2) is 0 Å². The molecule has 1 N–H and O–H groups in total. The average Bonchev–Trinajstić information content (AvgIpc) is 2.33. The maximum absolute atomic E-state index is 12.7.